The molecular formula is C36H62O91S20. The number of hydrogen-bond donors (Lipinski definition) is 20. The minimum Gasteiger partial charge on any atom is -0.341 e. The van der Waals surface area contributed by atoms with Gasteiger partial charge >= 0.3 is 208 Å². The van der Waals surface area contributed by atoms with E-state index in [1.165, 1.54) is 0 Å². The monoisotopic (exact) mass is 2590 g/mol. The maximum absolute atomic E-state index is 13.3. The lowest BCUT2D eigenvalue weighted by Crippen LogP contribution is -2.70. The lowest BCUT2D eigenvalue weighted by molar-refractivity contribution is -0.386. The van der Waals surface area contributed by atoms with Crippen LogP contribution < -0.4 is 0 Å². The molecule has 6 fully saturated rings. The summed E-state index contributed by atoms with van der Waals surface area (Å²) in [5.74, 6) is 0. The van der Waals surface area contributed by atoms with E-state index in [0.717, 1.165) is 0 Å². The quantitative estimate of drug-likeness (QED) is 0.0251. The van der Waals surface area contributed by atoms with Gasteiger partial charge in [0.2, 0.25) is 6.29 Å². The van der Waals surface area contributed by atoms with E-state index in [2.05, 4.69) is 83.7 Å². The molecule has 6 rings (SSSR count). The molecule has 0 aromatic carbocycles. The van der Waals surface area contributed by atoms with Crippen LogP contribution in [0.1, 0.15) is 0 Å². The van der Waals surface area contributed by atoms with Crippen molar-refractivity contribution in [3.63, 3.8) is 0 Å². The van der Waals surface area contributed by atoms with Crippen LogP contribution in [0.4, 0.5) is 0 Å². The third-order valence-electron chi connectivity index (χ3n) is 16.5. The SMILES string of the molecule is O=S(=O)(O)OC[C@H]1O[C@H](O[C@H]2[C@H](OS(=O)(=O)O)[C@@H](OS(=O)(=O)O)[C@@H](O[C@H]3[C@H](OS(=O)(=O)O)[C@@H](OS(=O)(=O)O)[C@@H](O[C@H]4[C@H](OS(=O)(=O)O)[C@@H](OS(=O)(=O)O)C(OS(=O)(=O)O)O[C@@H]4COS(=O)(=O)O)O[C@@H]3COS(=O)(=O)O)O[C@@H]2COS(=O)(=O)O)[C@H](OS(=O)(=O)O)[C@@H](OS(=O)(=O)O)[C@@H]1O[C@H]1O[C@H](COS(=O)(=O)O)[C@@H](O[C@H]2O[C@H](COS(=O)(=O)O)[C@@H](OS(=O)(=O)O)[C@H](OS(=O)(=O)O)[C@H]2OS(=O)(=O)O)[C@H](OS(=O)(=O)O)[C@H]1OS(=O)(=O)O. The summed E-state index contributed by atoms with van der Waals surface area (Å²) in [5, 5.41) is 0. The van der Waals surface area contributed by atoms with Crippen molar-refractivity contribution in [3.8, 4) is 0 Å². The summed E-state index contributed by atoms with van der Waals surface area (Å²) in [7, 11) is -135. The van der Waals surface area contributed by atoms with Gasteiger partial charge in [-0.2, -0.15) is 168 Å². The maximum Gasteiger partial charge on any atom is 0.399 e. The van der Waals surface area contributed by atoms with Gasteiger partial charge in [0, 0.05) is 0 Å². The highest BCUT2D eigenvalue weighted by molar-refractivity contribution is 7.85. The van der Waals surface area contributed by atoms with Crippen LogP contribution in [0, 0.1) is 0 Å². The Balaban J connectivity index is 1.72. The second-order valence-corrected chi connectivity index (χ2v) is 48.1. The summed E-state index contributed by atoms with van der Waals surface area (Å²) < 4.78 is 846. The first-order chi connectivity index (χ1) is 65.2. The first-order valence-corrected chi connectivity index (χ1v) is 61.6. The molecule has 0 bridgehead atoms. The van der Waals surface area contributed by atoms with E-state index in [-0.39, 0.29) is 0 Å². The topological polar surface area (TPSA) is 1370 Å². The summed E-state index contributed by atoms with van der Waals surface area (Å²) in [4.78, 5) is 0. The van der Waals surface area contributed by atoms with E-state index < -0.39 is 432 Å². The largest absolute Gasteiger partial charge is 0.399 e. The van der Waals surface area contributed by atoms with Gasteiger partial charge in [0.05, 0.1) is 39.6 Å². The Morgan fingerprint density at radius 2 is 0.224 bits per heavy atom. The second kappa shape index (κ2) is 48.4. The Morgan fingerprint density at radius 1 is 0.122 bits per heavy atom. The minimum atomic E-state index is -7.17. The Morgan fingerprint density at radius 3 is 0.354 bits per heavy atom. The van der Waals surface area contributed by atoms with Gasteiger partial charge in [0.1, 0.15) is 110 Å². The molecule has 20 N–H and O–H groups in total. The van der Waals surface area contributed by atoms with Crippen molar-refractivity contribution < 1.29 is 395 Å². The van der Waals surface area contributed by atoms with Crippen molar-refractivity contribution in [2.45, 2.75) is 184 Å². The van der Waals surface area contributed by atoms with Crippen LogP contribution in [-0.2, 0) is 344 Å². The zero-order valence-corrected chi connectivity index (χ0v) is 84.0. The molecule has 6 aliphatic heterocycles. The van der Waals surface area contributed by atoms with Gasteiger partial charge in [0.25, 0.3) is 0 Å². The summed E-state index contributed by atoms with van der Waals surface area (Å²) in [6.45, 7) is -15.4. The minimum absolute atomic E-state index is 2.34. The summed E-state index contributed by atoms with van der Waals surface area (Å²) in [6, 6.07) is 0. The molecular weight excluding hydrogens is 2530 g/mol. The highest BCUT2D eigenvalue weighted by Gasteiger charge is 2.66. The molecule has 6 heterocycles. The van der Waals surface area contributed by atoms with Crippen molar-refractivity contribution in [1.29, 1.82) is 0 Å². The van der Waals surface area contributed by atoms with E-state index in [0.29, 0.717) is 0 Å². The third kappa shape index (κ3) is 48.1. The Bertz CT molecular complexity index is 7010. The summed E-state index contributed by atoms with van der Waals surface area (Å²) in [5.41, 5.74) is 0. The molecule has 30 atom stereocenters. The van der Waals surface area contributed by atoms with Crippen molar-refractivity contribution in [3.05, 3.63) is 0 Å². The van der Waals surface area contributed by atoms with Crippen LogP contribution in [0.15, 0.2) is 0 Å². The molecule has 6 aliphatic rings. The van der Waals surface area contributed by atoms with Gasteiger partial charge in [-0.25, -0.2) is 83.7 Å². The predicted octanol–water partition coefficient (Wildman–Crippen LogP) is -17.6. The van der Waals surface area contributed by atoms with Crippen LogP contribution in [0.5, 0.6) is 0 Å². The molecule has 0 spiro atoms. The molecule has 147 heavy (non-hydrogen) atoms. The average molecular weight is 2590 g/mol. The number of rotatable bonds is 56. The average Bonchev–Trinajstić information content (AvgIpc) is 0.751. The zero-order valence-electron chi connectivity index (χ0n) is 67.7. The van der Waals surface area contributed by atoms with Gasteiger partial charge < -0.3 is 52.1 Å². The number of ether oxygens (including phenoxy) is 11. The van der Waals surface area contributed by atoms with Crippen LogP contribution in [-0.4, -0.2) is 483 Å². The fourth-order valence-electron chi connectivity index (χ4n) is 12.6. The fourth-order valence-corrected chi connectivity index (χ4v) is 21.2. The van der Waals surface area contributed by atoms with Gasteiger partial charge in [-0.3, -0.25) is 91.1 Å². The summed E-state index contributed by atoms with van der Waals surface area (Å²) in [6.07, 6.45) is -120. The molecule has 0 saturated carbocycles. The van der Waals surface area contributed by atoms with E-state index in [1.54, 1.807) is 0 Å². The molecule has 0 aromatic rings. The van der Waals surface area contributed by atoms with E-state index >= 15 is 0 Å². The van der Waals surface area contributed by atoms with E-state index in [4.69, 9.17) is 52.1 Å². The molecule has 0 aromatic heterocycles. The molecule has 0 amide bonds. The maximum atomic E-state index is 13.3. The predicted molar refractivity (Wildman–Crippen MR) is 407 cm³/mol. The first-order valence-electron chi connectivity index (χ1n) is 34.3. The zero-order chi connectivity index (χ0) is 113. The third-order valence-corrected chi connectivity index (χ3v) is 25.6. The molecule has 872 valence electrons. The van der Waals surface area contributed by atoms with Crippen LogP contribution >= 0.6 is 0 Å². The Kier molecular flexibility index (Phi) is 43.7. The first kappa shape index (κ1) is 133. The summed E-state index contributed by atoms with van der Waals surface area (Å²) >= 11 is 0. The van der Waals surface area contributed by atoms with Gasteiger partial charge in [-0.05, 0) is 0 Å². The van der Waals surface area contributed by atoms with Crippen molar-refractivity contribution >= 4 is 208 Å². The molecule has 111 heteroatoms. The molecule has 0 aliphatic carbocycles. The lowest BCUT2D eigenvalue weighted by Gasteiger charge is -2.51. The number of hydrogen-bond acceptors (Lipinski definition) is 71. The van der Waals surface area contributed by atoms with Gasteiger partial charge in [-0.15, -0.1) is 0 Å². The molecule has 1 unspecified atom stereocenters. The molecule has 6 saturated heterocycles. The second-order valence-electron chi connectivity index (χ2n) is 26.9. The van der Waals surface area contributed by atoms with Crippen LogP contribution in [0.25, 0.3) is 0 Å². The Labute approximate surface area is 821 Å². The normalized spacial score (nSPS) is 33.0. The Hall–Kier alpha value is -3.04. The van der Waals surface area contributed by atoms with Crippen LogP contribution in [0.3, 0.4) is 0 Å². The fraction of sp³-hybridized carbons (Fsp3) is 1.00. The standard InChI is InChI=1S/C36H62O91S20/c37-128(38,39)97-1-7-13(19(115-135(58,59)60)26(122-142(79,80)81)32(104-7)111-15-9(3-99-130(43,44)45)106-34(28(124-144(85,86)87)21(15)117-137(64,65)66)113-17-11(5-101-132(49,50)51)108-36(127-147(94,95)96)30(126-146(91,92)93)23(17)119-139(70,71)72)109-31-25(121-141(76,77)78)20(116-136(61,62)63)14(8(103-31)2-98-129(40,41)42)110-33-27(123-143(82,83)84)22(118-138(67,68)69)16(10(105-33)4-100-131(46,47)48)112-35-29(125-145(88,89)90)24(120-140(73,74)75)18(114-134(55,56)57)12(107-35)6-102-133(52,53)54/h7-36H,1-6H2,(H,37,38,39)(H,40,41,42)(H,43,44,45)(H,46,47,48)(H,49,50,51)(H,52,53,54)(H,55,56,57)(H,58,59,60)(H,61,62,63)(H,64,65,66)(H,67,68,69)(H,70,71,72)(H,73,74,75)(H,76,77,78)(H,79,80,81)(H,82,83,84)(H,85,86,87)(H,88,89,90)(H,91,92,93)(H,94,95,96)/t7-,8-,9-,10-,11-,12-,13-,14-,15-,16-,17-,18-,19+,20+,21+,22+,23+,24+,25-,26-,27-,28-,29-,30-,31-,32-,33-,34-,35-,36?/m1/s1. The van der Waals surface area contributed by atoms with Crippen LogP contribution in [0.2, 0.25) is 0 Å². The van der Waals surface area contributed by atoms with Crippen molar-refractivity contribution in [1.82, 2.24) is 0 Å². The molecule has 91 nitrogen and oxygen atoms in total. The smallest absolute Gasteiger partial charge is 0.341 e. The lowest BCUT2D eigenvalue weighted by atomic mass is 9.95. The highest BCUT2D eigenvalue weighted by atomic mass is 32.3. The van der Waals surface area contributed by atoms with E-state index in [9.17, 15) is 259 Å². The van der Waals surface area contributed by atoms with Crippen molar-refractivity contribution in [2.24, 2.45) is 0 Å². The van der Waals surface area contributed by atoms with Gasteiger partial charge in [-0.1, -0.05) is 0 Å². The molecule has 0 radical (unpaired) electrons. The van der Waals surface area contributed by atoms with E-state index in [1.807, 2.05) is 0 Å². The highest BCUT2D eigenvalue weighted by Crippen LogP contribution is 2.45. The van der Waals surface area contributed by atoms with Gasteiger partial charge in [0.15, 0.2) is 68.1 Å². The van der Waals surface area contributed by atoms with Crippen molar-refractivity contribution in [2.75, 3.05) is 39.6 Å².